The summed E-state index contributed by atoms with van der Waals surface area (Å²) in [5.74, 6) is 0. The zero-order valence-electron chi connectivity index (χ0n) is 10.9. The molecule has 19 heavy (non-hydrogen) atoms. The highest BCUT2D eigenvalue weighted by atomic mass is 79.9. The van der Waals surface area contributed by atoms with Gasteiger partial charge in [0.2, 0.25) is 10.0 Å². The second kappa shape index (κ2) is 5.91. The minimum atomic E-state index is -3.43. The number of nitrogens with one attached hydrogen (secondary N) is 2. The third-order valence-corrected chi connectivity index (χ3v) is 5.37. The lowest BCUT2D eigenvalue weighted by molar-refractivity contribution is 0.238. The number of halogens is 1. The Hall–Kier alpha value is -0.430. The molecule has 0 radical (unpaired) electrons. The van der Waals surface area contributed by atoms with Crippen molar-refractivity contribution in [2.45, 2.75) is 24.7 Å². The molecule has 1 saturated heterocycles. The Labute approximate surface area is 123 Å². The summed E-state index contributed by atoms with van der Waals surface area (Å²) in [4.78, 5) is 0.300. The molecule has 2 rings (SSSR count). The average Bonchev–Trinajstić information content (AvgIpc) is 2.38. The molecule has 2 N–H and O–H groups in total. The van der Waals surface area contributed by atoms with Crippen LogP contribution in [0.1, 0.15) is 19.8 Å². The second-order valence-electron chi connectivity index (χ2n) is 5.37. The molecule has 0 amide bonds. The van der Waals surface area contributed by atoms with Crippen LogP contribution in [-0.4, -0.2) is 28.1 Å². The van der Waals surface area contributed by atoms with Gasteiger partial charge in [0.05, 0.1) is 4.90 Å². The van der Waals surface area contributed by atoms with Crippen molar-refractivity contribution in [3.05, 3.63) is 28.7 Å². The molecule has 0 aromatic heterocycles. The van der Waals surface area contributed by atoms with E-state index in [-0.39, 0.29) is 5.41 Å². The fraction of sp³-hybridized carbons (Fsp3) is 0.538. The maximum absolute atomic E-state index is 12.2. The van der Waals surface area contributed by atoms with Crippen LogP contribution < -0.4 is 10.0 Å². The maximum Gasteiger partial charge on any atom is 0.240 e. The van der Waals surface area contributed by atoms with Gasteiger partial charge in [0.15, 0.2) is 0 Å². The Kier molecular flexibility index (Phi) is 4.66. The van der Waals surface area contributed by atoms with E-state index in [1.54, 1.807) is 18.2 Å². The first kappa shape index (κ1) is 15.0. The highest BCUT2D eigenvalue weighted by molar-refractivity contribution is 9.10. The second-order valence-corrected chi connectivity index (χ2v) is 8.06. The molecular weight excluding hydrogens is 328 g/mol. The molecule has 106 valence electrons. The molecule has 0 bridgehead atoms. The Morgan fingerprint density at radius 1 is 1.47 bits per heavy atom. The van der Waals surface area contributed by atoms with Gasteiger partial charge in [-0.15, -0.1) is 0 Å². The van der Waals surface area contributed by atoms with Crippen LogP contribution in [0.25, 0.3) is 0 Å². The number of piperidine rings is 1. The van der Waals surface area contributed by atoms with Crippen LogP contribution in [0.5, 0.6) is 0 Å². The highest BCUT2D eigenvalue weighted by Gasteiger charge is 2.28. The molecule has 1 aromatic rings. The number of rotatable bonds is 4. The van der Waals surface area contributed by atoms with Gasteiger partial charge in [0.1, 0.15) is 0 Å². The lowest BCUT2D eigenvalue weighted by Crippen LogP contribution is -2.45. The first-order valence-corrected chi connectivity index (χ1v) is 8.65. The fourth-order valence-corrected chi connectivity index (χ4v) is 4.05. The Balaban J connectivity index is 2.05. The normalized spacial score (nSPS) is 24.3. The zero-order chi connectivity index (χ0) is 13.9. The van der Waals surface area contributed by atoms with E-state index >= 15 is 0 Å². The minimum Gasteiger partial charge on any atom is -0.316 e. The lowest BCUT2D eigenvalue weighted by Gasteiger charge is -2.34. The van der Waals surface area contributed by atoms with Crippen molar-refractivity contribution >= 4 is 26.0 Å². The van der Waals surface area contributed by atoms with Gasteiger partial charge in [0, 0.05) is 17.6 Å². The summed E-state index contributed by atoms with van der Waals surface area (Å²) < 4.78 is 27.9. The number of benzene rings is 1. The van der Waals surface area contributed by atoms with Gasteiger partial charge in [-0.25, -0.2) is 13.1 Å². The fourth-order valence-electron chi connectivity index (χ4n) is 2.26. The minimum absolute atomic E-state index is 0.00265. The van der Waals surface area contributed by atoms with Crippen molar-refractivity contribution in [2.75, 3.05) is 19.6 Å². The number of sulfonamides is 1. The topological polar surface area (TPSA) is 58.2 Å². The van der Waals surface area contributed by atoms with Crippen molar-refractivity contribution in [1.29, 1.82) is 0 Å². The number of hydrogen-bond acceptors (Lipinski definition) is 3. The van der Waals surface area contributed by atoms with Gasteiger partial charge in [-0.1, -0.05) is 28.9 Å². The van der Waals surface area contributed by atoms with E-state index in [0.29, 0.717) is 11.4 Å². The Morgan fingerprint density at radius 2 is 2.26 bits per heavy atom. The quantitative estimate of drug-likeness (QED) is 0.877. The summed E-state index contributed by atoms with van der Waals surface area (Å²) >= 11 is 3.29. The summed E-state index contributed by atoms with van der Waals surface area (Å²) in [6, 6.07) is 6.76. The highest BCUT2D eigenvalue weighted by Crippen LogP contribution is 2.25. The molecular formula is C13H19BrN2O2S. The molecule has 4 nitrogen and oxygen atoms in total. The predicted molar refractivity (Wildman–Crippen MR) is 79.5 cm³/mol. The van der Waals surface area contributed by atoms with Crippen molar-refractivity contribution in [3.8, 4) is 0 Å². The largest absolute Gasteiger partial charge is 0.316 e. The molecule has 0 spiro atoms. The maximum atomic E-state index is 12.2. The van der Waals surface area contributed by atoms with E-state index in [2.05, 4.69) is 32.9 Å². The van der Waals surface area contributed by atoms with Crippen molar-refractivity contribution in [2.24, 2.45) is 5.41 Å². The van der Waals surface area contributed by atoms with E-state index in [1.165, 1.54) is 0 Å². The molecule has 0 aliphatic carbocycles. The molecule has 1 fully saturated rings. The summed E-state index contributed by atoms with van der Waals surface area (Å²) in [6.45, 7) is 4.46. The van der Waals surface area contributed by atoms with E-state index in [1.807, 2.05) is 6.07 Å². The first-order chi connectivity index (χ1) is 8.91. The van der Waals surface area contributed by atoms with Gasteiger partial charge in [-0.2, -0.15) is 0 Å². The standard InChI is InChI=1S/C13H19BrN2O2S/c1-13(6-3-7-15-9-13)10-16-19(17,18)12-5-2-4-11(14)8-12/h2,4-5,8,15-16H,3,6-7,9-10H2,1H3. The molecule has 1 aliphatic heterocycles. The molecule has 1 heterocycles. The van der Waals surface area contributed by atoms with Crippen molar-refractivity contribution < 1.29 is 8.42 Å². The van der Waals surface area contributed by atoms with Gasteiger partial charge in [-0.05, 0) is 43.0 Å². The predicted octanol–water partition coefficient (Wildman–Crippen LogP) is 2.12. The third-order valence-electron chi connectivity index (χ3n) is 3.48. The van der Waals surface area contributed by atoms with E-state index in [4.69, 9.17) is 0 Å². The van der Waals surface area contributed by atoms with E-state index in [0.717, 1.165) is 30.4 Å². The van der Waals surface area contributed by atoms with Crippen LogP contribution in [0.4, 0.5) is 0 Å². The third kappa shape index (κ3) is 4.02. The average molecular weight is 347 g/mol. The van der Waals surface area contributed by atoms with Gasteiger partial charge >= 0.3 is 0 Å². The van der Waals surface area contributed by atoms with Crippen LogP contribution >= 0.6 is 15.9 Å². The lowest BCUT2D eigenvalue weighted by atomic mass is 9.83. The SMILES string of the molecule is CC1(CNS(=O)(=O)c2cccc(Br)c2)CCCNC1. The first-order valence-electron chi connectivity index (χ1n) is 6.37. The summed E-state index contributed by atoms with van der Waals surface area (Å²) in [5.41, 5.74) is -0.00265. The summed E-state index contributed by atoms with van der Waals surface area (Å²) in [7, 11) is -3.43. The van der Waals surface area contributed by atoms with Gasteiger partial charge in [0.25, 0.3) is 0 Å². The molecule has 1 unspecified atom stereocenters. The van der Waals surface area contributed by atoms with Crippen LogP contribution in [-0.2, 0) is 10.0 Å². The van der Waals surface area contributed by atoms with E-state index < -0.39 is 10.0 Å². The molecule has 1 aromatic carbocycles. The van der Waals surface area contributed by atoms with Crippen LogP contribution in [0.15, 0.2) is 33.6 Å². The van der Waals surface area contributed by atoms with Gasteiger partial charge < -0.3 is 5.32 Å². The van der Waals surface area contributed by atoms with Crippen LogP contribution in [0.3, 0.4) is 0 Å². The molecule has 0 saturated carbocycles. The monoisotopic (exact) mass is 346 g/mol. The molecule has 1 aliphatic rings. The number of hydrogen-bond donors (Lipinski definition) is 2. The van der Waals surface area contributed by atoms with Crippen molar-refractivity contribution in [1.82, 2.24) is 10.0 Å². The smallest absolute Gasteiger partial charge is 0.240 e. The molecule has 6 heteroatoms. The summed E-state index contributed by atoms with van der Waals surface area (Å²) in [5, 5.41) is 3.32. The van der Waals surface area contributed by atoms with Gasteiger partial charge in [-0.3, -0.25) is 0 Å². The van der Waals surface area contributed by atoms with Crippen LogP contribution in [0.2, 0.25) is 0 Å². The Bertz CT molecular complexity index is 539. The molecule has 1 atom stereocenters. The Morgan fingerprint density at radius 3 is 2.89 bits per heavy atom. The van der Waals surface area contributed by atoms with Crippen LogP contribution in [0, 0.1) is 5.41 Å². The summed E-state index contributed by atoms with van der Waals surface area (Å²) in [6.07, 6.45) is 2.14. The zero-order valence-corrected chi connectivity index (χ0v) is 13.4. The van der Waals surface area contributed by atoms with Crippen molar-refractivity contribution in [3.63, 3.8) is 0 Å². The van der Waals surface area contributed by atoms with E-state index in [9.17, 15) is 8.42 Å².